The number of unbranched alkanes of at least 4 members (excludes halogenated alkanes) is 2. The van der Waals surface area contributed by atoms with Crippen LogP contribution in [0.2, 0.25) is 0 Å². The second-order valence-corrected chi connectivity index (χ2v) is 4.94. The molecule has 1 rings (SSSR count). The van der Waals surface area contributed by atoms with Gasteiger partial charge in [-0.05, 0) is 37.5 Å². The summed E-state index contributed by atoms with van der Waals surface area (Å²) in [4.78, 5) is 25.3. The van der Waals surface area contributed by atoms with Crippen molar-refractivity contribution < 1.29 is 14.7 Å². The summed E-state index contributed by atoms with van der Waals surface area (Å²) in [7, 11) is 3.81. The van der Waals surface area contributed by atoms with Crippen LogP contribution in [-0.4, -0.2) is 44.2 Å². The number of carbonyl (C=O) groups excluding carboxylic acids is 2. The molecule has 3 N–H and O–H groups in total. The quantitative estimate of drug-likeness (QED) is 0.517. The number of anilines is 2. The van der Waals surface area contributed by atoms with Crippen LogP contribution in [0.15, 0.2) is 24.3 Å². The van der Waals surface area contributed by atoms with Crippen LogP contribution in [0.4, 0.5) is 11.4 Å². The first-order valence-electron chi connectivity index (χ1n) is 7.02. The topological polar surface area (TPSA) is 81.7 Å². The molecule has 116 valence electrons. The van der Waals surface area contributed by atoms with Crippen LogP contribution in [0.3, 0.4) is 0 Å². The van der Waals surface area contributed by atoms with E-state index in [2.05, 4.69) is 10.6 Å². The smallest absolute Gasteiger partial charge is 0.313 e. The van der Waals surface area contributed by atoms with Gasteiger partial charge in [0.15, 0.2) is 0 Å². The minimum absolute atomic E-state index is 0.149. The van der Waals surface area contributed by atoms with Gasteiger partial charge in [-0.2, -0.15) is 0 Å². The second-order valence-electron chi connectivity index (χ2n) is 4.94. The molecule has 1 aromatic carbocycles. The number of amides is 2. The van der Waals surface area contributed by atoms with Crippen molar-refractivity contribution in [2.45, 2.75) is 19.3 Å². The van der Waals surface area contributed by atoms with E-state index in [1.165, 1.54) is 0 Å². The molecule has 0 unspecified atom stereocenters. The molecule has 0 fully saturated rings. The van der Waals surface area contributed by atoms with Gasteiger partial charge in [-0.15, -0.1) is 0 Å². The van der Waals surface area contributed by atoms with Crippen molar-refractivity contribution in [2.75, 3.05) is 37.5 Å². The summed E-state index contributed by atoms with van der Waals surface area (Å²) in [6.45, 7) is 0.584. The Hall–Kier alpha value is -2.08. The van der Waals surface area contributed by atoms with E-state index < -0.39 is 11.8 Å². The molecule has 0 bridgehead atoms. The number of carbonyl (C=O) groups is 2. The Morgan fingerprint density at radius 3 is 2.57 bits per heavy atom. The average Bonchev–Trinajstić information content (AvgIpc) is 2.47. The normalized spacial score (nSPS) is 10.0. The highest BCUT2D eigenvalue weighted by Gasteiger charge is 2.13. The van der Waals surface area contributed by atoms with E-state index in [9.17, 15) is 9.59 Å². The third-order valence-corrected chi connectivity index (χ3v) is 2.95. The fourth-order valence-electron chi connectivity index (χ4n) is 1.75. The van der Waals surface area contributed by atoms with E-state index in [4.69, 9.17) is 5.11 Å². The number of hydrogen-bond acceptors (Lipinski definition) is 4. The van der Waals surface area contributed by atoms with Crippen LogP contribution in [-0.2, 0) is 9.59 Å². The standard InChI is InChI=1S/C15H23N3O3/c1-18(2)13-8-6-7-12(11-13)17-15(21)14(20)16-9-4-3-5-10-19/h6-8,11,19H,3-5,9-10H2,1-2H3,(H,16,20)(H,17,21). The van der Waals surface area contributed by atoms with E-state index in [-0.39, 0.29) is 6.61 Å². The maximum atomic E-state index is 11.7. The van der Waals surface area contributed by atoms with Gasteiger partial charge in [0.25, 0.3) is 0 Å². The highest BCUT2D eigenvalue weighted by atomic mass is 16.3. The largest absolute Gasteiger partial charge is 0.396 e. The lowest BCUT2D eigenvalue weighted by Crippen LogP contribution is -2.35. The van der Waals surface area contributed by atoms with E-state index in [0.717, 1.165) is 18.5 Å². The van der Waals surface area contributed by atoms with Crippen LogP contribution in [0, 0.1) is 0 Å². The van der Waals surface area contributed by atoms with Crippen molar-refractivity contribution in [3.8, 4) is 0 Å². The first-order valence-corrected chi connectivity index (χ1v) is 7.02. The molecule has 6 nitrogen and oxygen atoms in total. The Morgan fingerprint density at radius 1 is 1.14 bits per heavy atom. The zero-order valence-electron chi connectivity index (χ0n) is 12.6. The number of rotatable bonds is 7. The fraction of sp³-hybridized carbons (Fsp3) is 0.467. The Balaban J connectivity index is 2.41. The molecule has 0 saturated carbocycles. The van der Waals surface area contributed by atoms with Gasteiger partial charge in [0.05, 0.1) is 0 Å². The maximum Gasteiger partial charge on any atom is 0.313 e. The molecule has 0 aromatic heterocycles. The van der Waals surface area contributed by atoms with Gasteiger partial charge in [0, 0.05) is 38.6 Å². The monoisotopic (exact) mass is 293 g/mol. The minimum Gasteiger partial charge on any atom is -0.396 e. The van der Waals surface area contributed by atoms with E-state index in [1.54, 1.807) is 12.1 Å². The molecule has 0 heterocycles. The van der Waals surface area contributed by atoms with E-state index >= 15 is 0 Å². The number of benzene rings is 1. The molecule has 0 aliphatic heterocycles. The molecule has 0 aliphatic carbocycles. The summed E-state index contributed by atoms with van der Waals surface area (Å²) < 4.78 is 0. The first kappa shape index (κ1) is 17.0. The summed E-state index contributed by atoms with van der Waals surface area (Å²) in [5.41, 5.74) is 1.53. The molecule has 0 spiro atoms. The van der Waals surface area contributed by atoms with Gasteiger partial charge in [-0.1, -0.05) is 6.07 Å². The van der Waals surface area contributed by atoms with Crippen LogP contribution < -0.4 is 15.5 Å². The predicted molar refractivity (Wildman–Crippen MR) is 83.3 cm³/mol. The Labute approximate surface area is 125 Å². The Morgan fingerprint density at radius 2 is 1.90 bits per heavy atom. The molecule has 21 heavy (non-hydrogen) atoms. The van der Waals surface area contributed by atoms with Crippen molar-refractivity contribution in [2.24, 2.45) is 0 Å². The van der Waals surface area contributed by atoms with Crippen molar-refractivity contribution >= 4 is 23.2 Å². The number of nitrogens with zero attached hydrogens (tertiary/aromatic N) is 1. The highest BCUT2D eigenvalue weighted by molar-refractivity contribution is 6.39. The Kier molecular flexibility index (Phi) is 7.25. The second kappa shape index (κ2) is 8.97. The lowest BCUT2D eigenvalue weighted by atomic mass is 10.2. The highest BCUT2D eigenvalue weighted by Crippen LogP contribution is 2.16. The molecular weight excluding hydrogens is 270 g/mol. The lowest BCUT2D eigenvalue weighted by Gasteiger charge is -2.14. The van der Waals surface area contributed by atoms with E-state index in [1.807, 2.05) is 31.1 Å². The third kappa shape index (κ3) is 6.27. The molecule has 0 saturated heterocycles. The van der Waals surface area contributed by atoms with Gasteiger partial charge in [0.2, 0.25) is 0 Å². The summed E-state index contributed by atoms with van der Waals surface area (Å²) in [6.07, 6.45) is 2.28. The number of aliphatic hydroxyl groups excluding tert-OH is 1. The Bertz CT molecular complexity index is 475. The summed E-state index contributed by atoms with van der Waals surface area (Å²) in [5.74, 6) is -1.32. The summed E-state index contributed by atoms with van der Waals surface area (Å²) >= 11 is 0. The van der Waals surface area contributed by atoms with Gasteiger partial charge in [0.1, 0.15) is 0 Å². The van der Waals surface area contributed by atoms with Gasteiger partial charge < -0.3 is 20.6 Å². The summed E-state index contributed by atoms with van der Waals surface area (Å²) in [5, 5.41) is 13.8. The van der Waals surface area contributed by atoms with Crippen molar-refractivity contribution in [3.63, 3.8) is 0 Å². The molecule has 0 radical (unpaired) electrons. The van der Waals surface area contributed by atoms with Crippen molar-refractivity contribution in [3.05, 3.63) is 24.3 Å². The molecular formula is C15H23N3O3. The van der Waals surface area contributed by atoms with Crippen LogP contribution in [0.5, 0.6) is 0 Å². The van der Waals surface area contributed by atoms with Crippen molar-refractivity contribution in [1.29, 1.82) is 0 Å². The fourth-order valence-corrected chi connectivity index (χ4v) is 1.75. The zero-order valence-corrected chi connectivity index (χ0v) is 12.6. The molecule has 2 amide bonds. The molecule has 0 aliphatic rings. The van der Waals surface area contributed by atoms with Crippen LogP contribution in [0.25, 0.3) is 0 Å². The maximum absolute atomic E-state index is 11.7. The van der Waals surface area contributed by atoms with Gasteiger partial charge in [-0.25, -0.2) is 0 Å². The molecule has 1 aromatic rings. The number of hydrogen-bond donors (Lipinski definition) is 3. The molecule has 6 heteroatoms. The van der Waals surface area contributed by atoms with Crippen molar-refractivity contribution in [1.82, 2.24) is 5.32 Å². The third-order valence-electron chi connectivity index (χ3n) is 2.95. The first-order chi connectivity index (χ1) is 10.0. The zero-order chi connectivity index (χ0) is 15.7. The lowest BCUT2D eigenvalue weighted by molar-refractivity contribution is -0.136. The SMILES string of the molecule is CN(C)c1cccc(NC(=O)C(=O)NCCCCCO)c1. The minimum atomic E-state index is -0.673. The van der Waals surface area contributed by atoms with Gasteiger partial charge >= 0.3 is 11.8 Å². The molecule has 0 atom stereocenters. The van der Waals surface area contributed by atoms with E-state index in [0.29, 0.717) is 18.7 Å². The van der Waals surface area contributed by atoms with Crippen LogP contribution in [0.1, 0.15) is 19.3 Å². The number of aliphatic hydroxyl groups is 1. The number of nitrogens with one attached hydrogen (secondary N) is 2. The summed E-state index contributed by atoms with van der Waals surface area (Å²) in [6, 6.07) is 7.26. The predicted octanol–water partition coefficient (Wildman–Crippen LogP) is 0.970. The average molecular weight is 293 g/mol. The van der Waals surface area contributed by atoms with Gasteiger partial charge in [-0.3, -0.25) is 9.59 Å². The van der Waals surface area contributed by atoms with Crippen LogP contribution >= 0.6 is 0 Å².